The summed E-state index contributed by atoms with van der Waals surface area (Å²) in [5.41, 5.74) is -2.20. The maximum atomic E-state index is 13.8. The molecule has 168 valence electrons. The van der Waals surface area contributed by atoms with E-state index in [2.05, 4.69) is 15.2 Å². The van der Waals surface area contributed by atoms with Crippen molar-refractivity contribution in [1.29, 1.82) is 0 Å². The summed E-state index contributed by atoms with van der Waals surface area (Å²) in [6.07, 6.45) is -3.46. The molecule has 0 atom stereocenters. The monoisotopic (exact) mass is 441 g/mol. The molecular weight excluding hydrogens is 418 g/mol. The van der Waals surface area contributed by atoms with Gasteiger partial charge in [0.05, 0.1) is 18.9 Å². The van der Waals surface area contributed by atoms with Crippen LogP contribution in [0.1, 0.15) is 29.0 Å². The quantitative estimate of drug-likeness (QED) is 0.683. The summed E-state index contributed by atoms with van der Waals surface area (Å²) in [6, 6.07) is 4.57. The zero-order valence-electron chi connectivity index (χ0n) is 16.8. The number of benzene rings is 1. The van der Waals surface area contributed by atoms with Crippen LogP contribution in [-0.2, 0) is 10.9 Å². The number of rotatable bonds is 4. The largest absolute Gasteiger partial charge is 0.435 e. The van der Waals surface area contributed by atoms with Crippen molar-refractivity contribution in [2.24, 2.45) is 5.92 Å². The predicted molar refractivity (Wildman–Crippen MR) is 102 cm³/mol. The van der Waals surface area contributed by atoms with Gasteiger partial charge in [-0.2, -0.15) is 13.2 Å². The highest BCUT2D eigenvalue weighted by molar-refractivity contribution is 5.93. The molecular formula is C20H23F4N5O2. The number of hydrogen-bond donors (Lipinski definition) is 0. The molecule has 1 aromatic carbocycles. The summed E-state index contributed by atoms with van der Waals surface area (Å²) < 4.78 is 60.7. The Morgan fingerprint density at radius 3 is 2.48 bits per heavy atom. The fraction of sp³-hybridized carbons (Fsp3) is 0.550. The van der Waals surface area contributed by atoms with Crippen molar-refractivity contribution in [3.8, 4) is 5.69 Å². The number of alkyl halides is 3. The topological polar surface area (TPSA) is 63.5 Å². The molecule has 0 bridgehead atoms. The van der Waals surface area contributed by atoms with Gasteiger partial charge in [-0.3, -0.25) is 9.69 Å². The first kappa shape index (κ1) is 21.7. The van der Waals surface area contributed by atoms with E-state index in [9.17, 15) is 22.4 Å². The standard InChI is InChI=1S/C20H23F4N5O2/c21-15-2-1-3-16(12-15)29-18(20(22,23)24)17(25-26-29)19(30)28-6-4-14(5-7-28)13-27-8-10-31-11-9-27/h1-3,12,14H,4-11,13H2. The van der Waals surface area contributed by atoms with E-state index in [0.717, 1.165) is 31.8 Å². The first-order chi connectivity index (χ1) is 14.8. The molecule has 0 aliphatic carbocycles. The number of ether oxygens (including phenoxy) is 1. The third-order valence-corrected chi connectivity index (χ3v) is 5.72. The summed E-state index contributed by atoms with van der Waals surface area (Å²) in [5, 5.41) is 7.05. The maximum absolute atomic E-state index is 13.8. The lowest BCUT2D eigenvalue weighted by Gasteiger charge is -2.35. The van der Waals surface area contributed by atoms with E-state index < -0.39 is 29.3 Å². The minimum absolute atomic E-state index is 0.150. The highest BCUT2D eigenvalue weighted by Crippen LogP contribution is 2.34. The fourth-order valence-electron chi connectivity index (χ4n) is 4.09. The lowest BCUT2D eigenvalue weighted by atomic mass is 9.95. The van der Waals surface area contributed by atoms with E-state index in [1.165, 1.54) is 17.0 Å². The van der Waals surface area contributed by atoms with E-state index in [4.69, 9.17) is 4.74 Å². The van der Waals surface area contributed by atoms with Crippen molar-refractivity contribution >= 4 is 5.91 Å². The summed E-state index contributed by atoms with van der Waals surface area (Å²) in [6.45, 7) is 4.77. The smallest absolute Gasteiger partial charge is 0.379 e. The highest BCUT2D eigenvalue weighted by atomic mass is 19.4. The number of carbonyl (C=O) groups excluding carboxylic acids is 1. The molecule has 31 heavy (non-hydrogen) atoms. The van der Waals surface area contributed by atoms with E-state index in [-0.39, 0.29) is 5.69 Å². The molecule has 4 rings (SSSR count). The van der Waals surface area contributed by atoms with Crippen LogP contribution < -0.4 is 0 Å². The molecule has 1 aromatic heterocycles. The maximum Gasteiger partial charge on any atom is 0.435 e. The minimum atomic E-state index is -4.88. The Labute approximate surface area is 176 Å². The SMILES string of the molecule is O=C(c1nnn(-c2cccc(F)c2)c1C(F)(F)F)N1CCC(CN2CCOCC2)CC1. The molecule has 3 heterocycles. The molecule has 2 saturated heterocycles. The second-order valence-corrected chi connectivity index (χ2v) is 7.82. The van der Waals surface area contributed by atoms with Gasteiger partial charge >= 0.3 is 6.18 Å². The number of nitrogens with zero attached hydrogens (tertiary/aromatic N) is 5. The molecule has 1 amide bonds. The highest BCUT2D eigenvalue weighted by Gasteiger charge is 2.43. The lowest BCUT2D eigenvalue weighted by Crippen LogP contribution is -2.44. The second kappa shape index (κ2) is 8.91. The number of piperidine rings is 1. The molecule has 2 fully saturated rings. The van der Waals surface area contributed by atoms with Crippen LogP contribution in [-0.4, -0.2) is 76.6 Å². The number of carbonyl (C=O) groups is 1. The Morgan fingerprint density at radius 2 is 1.84 bits per heavy atom. The van der Waals surface area contributed by atoms with E-state index in [0.29, 0.717) is 49.7 Å². The van der Waals surface area contributed by atoms with Crippen LogP contribution in [0, 0.1) is 11.7 Å². The first-order valence-corrected chi connectivity index (χ1v) is 10.2. The van der Waals surface area contributed by atoms with Crippen LogP contribution in [0.5, 0.6) is 0 Å². The van der Waals surface area contributed by atoms with Gasteiger partial charge < -0.3 is 9.64 Å². The molecule has 0 spiro atoms. The summed E-state index contributed by atoms with van der Waals surface area (Å²) in [4.78, 5) is 16.6. The van der Waals surface area contributed by atoms with Crippen LogP contribution in [0.2, 0.25) is 0 Å². The van der Waals surface area contributed by atoms with E-state index >= 15 is 0 Å². The number of morpholine rings is 1. The molecule has 0 radical (unpaired) electrons. The molecule has 2 aliphatic rings. The van der Waals surface area contributed by atoms with Gasteiger partial charge in [-0.05, 0) is 37.0 Å². The third-order valence-electron chi connectivity index (χ3n) is 5.72. The van der Waals surface area contributed by atoms with Crippen LogP contribution >= 0.6 is 0 Å². The van der Waals surface area contributed by atoms with E-state index in [1.54, 1.807) is 0 Å². The Balaban J connectivity index is 1.49. The average molecular weight is 441 g/mol. The fourth-order valence-corrected chi connectivity index (χ4v) is 4.09. The Bertz CT molecular complexity index is 919. The Morgan fingerprint density at radius 1 is 1.13 bits per heavy atom. The van der Waals surface area contributed by atoms with Crippen LogP contribution in [0.15, 0.2) is 24.3 Å². The number of likely N-dealkylation sites (tertiary alicyclic amines) is 1. The zero-order chi connectivity index (χ0) is 22.0. The Kier molecular flexibility index (Phi) is 6.24. The predicted octanol–water partition coefficient (Wildman–Crippen LogP) is 2.61. The van der Waals surface area contributed by atoms with Gasteiger partial charge in [0.2, 0.25) is 0 Å². The molecule has 11 heteroatoms. The zero-order valence-corrected chi connectivity index (χ0v) is 16.8. The van der Waals surface area contributed by atoms with E-state index in [1.807, 2.05) is 0 Å². The molecule has 0 N–H and O–H groups in total. The van der Waals surface area contributed by atoms with Crippen molar-refractivity contribution in [1.82, 2.24) is 24.8 Å². The molecule has 0 saturated carbocycles. The summed E-state index contributed by atoms with van der Waals surface area (Å²) in [7, 11) is 0. The van der Waals surface area contributed by atoms with Crippen LogP contribution in [0.4, 0.5) is 17.6 Å². The van der Waals surface area contributed by atoms with Gasteiger partial charge in [-0.1, -0.05) is 11.3 Å². The second-order valence-electron chi connectivity index (χ2n) is 7.82. The van der Waals surface area contributed by atoms with Crippen molar-refractivity contribution in [2.75, 3.05) is 45.9 Å². The van der Waals surface area contributed by atoms with Gasteiger partial charge in [-0.25, -0.2) is 9.07 Å². The van der Waals surface area contributed by atoms with Gasteiger partial charge in [0.15, 0.2) is 11.4 Å². The third kappa shape index (κ3) is 4.87. The minimum Gasteiger partial charge on any atom is -0.379 e. The van der Waals surface area contributed by atoms with Gasteiger partial charge in [0.1, 0.15) is 5.82 Å². The van der Waals surface area contributed by atoms with Gasteiger partial charge in [0.25, 0.3) is 5.91 Å². The van der Waals surface area contributed by atoms with Gasteiger partial charge in [0, 0.05) is 32.7 Å². The molecule has 7 nitrogen and oxygen atoms in total. The summed E-state index contributed by atoms with van der Waals surface area (Å²) in [5.74, 6) is -1.14. The lowest BCUT2D eigenvalue weighted by molar-refractivity contribution is -0.143. The molecule has 0 unspecified atom stereocenters. The Hall–Kier alpha value is -2.53. The number of halogens is 4. The summed E-state index contributed by atoms with van der Waals surface area (Å²) >= 11 is 0. The van der Waals surface area contributed by atoms with Crippen molar-refractivity contribution in [2.45, 2.75) is 19.0 Å². The average Bonchev–Trinajstić information content (AvgIpc) is 3.20. The molecule has 2 aromatic rings. The van der Waals surface area contributed by atoms with Crippen LogP contribution in [0.25, 0.3) is 5.69 Å². The normalized spacial score (nSPS) is 19.0. The van der Waals surface area contributed by atoms with Crippen molar-refractivity contribution in [3.63, 3.8) is 0 Å². The number of amides is 1. The van der Waals surface area contributed by atoms with Crippen molar-refractivity contribution < 1.29 is 27.1 Å². The van der Waals surface area contributed by atoms with Crippen molar-refractivity contribution in [3.05, 3.63) is 41.5 Å². The number of hydrogen-bond acceptors (Lipinski definition) is 5. The number of aromatic nitrogens is 3. The van der Waals surface area contributed by atoms with Crippen LogP contribution in [0.3, 0.4) is 0 Å². The first-order valence-electron chi connectivity index (χ1n) is 10.2. The van der Waals surface area contributed by atoms with Gasteiger partial charge in [-0.15, -0.1) is 5.10 Å². The molecule has 2 aliphatic heterocycles.